The van der Waals surface area contributed by atoms with Crippen molar-refractivity contribution in [3.8, 4) is 0 Å². The van der Waals surface area contributed by atoms with E-state index in [1.165, 1.54) is 31.5 Å². The van der Waals surface area contributed by atoms with E-state index in [9.17, 15) is 0 Å². The molecule has 1 rings (SSSR count). The maximum atomic E-state index is 3.43. The molecular formula is C9H19N2+. The minimum atomic E-state index is 0.565. The lowest BCUT2D eigenvalue weighted by Crippen LogP contribution is -2.76. The zero-order chi connectivity index (χ0) is 8.10. The van der Waals surface area contributed by atoms with Crippen molar-refractivity contribution in [2.75, 3.05) is 6.54 Å². The first kappa shape index (κ1) is 8.57. The van der Waals surface area contributed by atoms with E-state index >= 15 is 0 Å². The molecule has 1 heterocycles. The fraction of sp³-hybridized carbons (Fsp3) is 0.889. The second-order valence-corrected chi connectivity index (χ2v) is 3.52. The van der Waals surface area contributed by atoms with Crippen molar-refractivity contribution in [2.24, 2.45) is 0 Å². The van der Waals surface area contributed by atoms with E-state index in [4.69, 9.17) is 0 Å². The van der Waals surface area contributed by atoms with Crippen LogP contribution in [0, 0.1) is 0 Å². The summed E-state index contributed by atoms with van der Waals surface area (Å²) >= 11 is 0. The molecular weight excluding hydrogens is 136 g/mol. The second-order valence-electron chi connectivity index (χ2n) is 3.52. The average Bonchev–Trinajstić information content (AvgIpc) is 2.14. The van der Waals surface area contributed by atoms with Crippen LogP contribution in [-0.4, -0.2) is 18.4 Å². The highest BCUT2D eigenvalue weighted by molar-refractivity contribution is 5.76. The third-order valence-electron chi connectivity index (χ3n) is 1.90. The van der Waals surface area contributed by atoms with E-state index in [1.807, 2.05) is 0 Å². The summed E-state index contributed by atoms with van der Waals surface area (Å²) in [5.74, 6) is 1.34. The minimum Gasteiger partial charge on any atom is -0.279 e. The monoisotopic (exact) mass is 155 g/mol. The first-order valence-electron chi connectivity index (χ1n) is 4.65. The lowest BCUT2D eigenvalue weighted by Gasteiger charge is -2.03. The van der Waals surface area contributed by atoms with Gasteiger partial charge in [0.1, 0.15) is 0 Å². The molecule has 64 valence electrons. The van der Waals surface area contributed by atoms with Crippen molar-refractivity contribution in [1.82, 2.24) is 5.32 Å². The normalized spacial score (nSPS) is 19.4. The molecule has 1 aliphatic heterocycles. The smallest absolute Gasteiger partial charge is 0.242 e. The van der Waals surface area contributed by atoms with Gasteiger partial charge in [-0.2, -0.15) is 0 Å². The topological polar surface area (TPSA) is 26.0 Å². The van der Waals surface area contributed by atoms with Gasteiger partial charge in [-0.1, -0.05) is 0 Å². The third kappa shape index (κ3) is 3.40. The van der Waals surface area contributed by atoms with Gasteiger partial charge in [-0.15, -0.1) is 0 Å². The van der Waals surface area contributed by atoms with Crippen LogP contribution in [0.4, 0.5) is 0 Å². The zero-order valence-electron chi connectivity index (χ0n) is 7.61. The second kappa shape index (κ2) is 4.37. The van der Waals surface area contributed by atoms with E-state index in [0.717, 1.165) is 6.54 Å². The van der Waals surface area contributed by atoms with Gasteiger partial charge in [0.25, 0.3) is 0 Å². The van der Waals surface area contributed by atoms with E-state index in [-0.39, 0.29) is 0 Å². The van der Waals surface area contributed by atoms with Gasteiger partial charge in [-0.3, -0.25) is 10.3 Å². The van der Waals surface area contributed by atoms with Gasteiger partial charge in [0, 0.05) is 6.42 Å². The Hall–Kier alpha value is -0.530. The molecule has 0 unspecified atom stereocenters. The van der Waals surface area contributed by atoms with Gasteiger partial charge in [-0.25, -0.2) is 0 Å². The summed E-state index contributed by atoms with van der Waals surface area (Å²) in [5, 5.41) is 3.43. The highest BCUT2D eigenvalue weighted by Gasteiger charge is 2.10. The van der Waals surface area contributed by atoms with Gasteiger partial charge in [0.05, 0.1) is 12.6 Å². The van der Waals surface area contributed by atoms with Crippen molar-refractivity contribution in [2.45, 2.75) is 45.6 Å². The van der Waals surface area contributed by atoms with Crippen molar-refractivity contribution < 1.29 is 4.99 Å². The number of hydrogen-bond donors (Lipinski definition) is 2. The summed E-state index contributed by atoms with van der Waals surface area (Å²) in [6, 6.07) is 0.565. The summed E-state index contributed by atoms with van der Waals surface area (Å²) in [5.41, 5.74) is 0. The first-order valence-corrected chi connectivity index (χ1v) is 4.65. The Morgan fingerprint density at radius 1 is 1.27 bits per heavy atom. The molecule has 0 aromatic rings. The zero-order valence-corrected chi connectivity index (χ0v) is 7.61. The van der Waals surface area contributed by atoms with Crippen molar-refractivity contribution >= 4 is 5.84 Å². The van der Waals surface area contributed by atoms with Gasteiger partial charge in [0.2, 0.25) is 5.84 Å². The Labute approximate surface area is 69.1 Å². The molecule has 0 aliphatic carbocycles. The largest absolute Gasteiger partial charge is 0.279 e. The van der Waals surface area contributed by atoms with Crippen LogP contribution in [0.15, 0.2) is 0 Å². The van der Waals surface area contributed by atoms with Crippen LogP contribution < -0.4 is 10.3 Å². The Bertz CT molecular complexity index is 138. The number of hydrogen-bond acceptors (Lipinski definition) is 1. The number of amidine groups is 1. The maximum Gasteiger partial charge on any atom is 0.242 e. The molecule has 0 bridgehead atoms. The summed E-state index contributed by atoms with van der Waals surface area (Å²) in [7, 11) is 0. The molecule has 0 aromatic carbocycles. The molecule has 0 saturated carbocycles. The Balaban J connectivity index is 2.34. The molecule has 0 saturated heterocycles. The molecule has 2 nitrogen and oxygen atoms in total. The van der Waals surface area contributed by atoms with Gasteiger partial charge in [0.15, 0.2) is 0 Å². The highest BCUT2D eigenvalue weighted by Crippen LogP contribution is 1.99. The van der Waals surface area contributed by atoms with Gasteiger partial charge >= 0.3 is 0 Å². The summed E-state index contributed by atoms with van der Waals surface area (Å²) < 4.78 is 0. The van der Waals surface area contributed by atoms with Crippen LogP contribution in [0.5, 0.6) is 0 Å². The standard InChI is InChI=1S/C9H18N2/c1-8(2)11-9-6-4-3-5-7-10-9/h8H,3-7H2,1-2H3,(H,10,11)/p+1. The quantitative estimate of drug-likeness (QED) is 0.549. The fourth-order valence-corrected chi connectivity index (χ4v) is 1.40. The van der Waals surface area contributed by atoms with Crippen LogP contribution in [0.1, 0.15) is 39.5 Å². The first-order chi connectivity index (χ1) is 5.29. The van der Waals surface area contributed by atoms with Crippen LogP contribution in [-0.2, 0) is 0 Å². The van der Waals surface area contributed by atoms with Crippen LogP contribution >= 0.6 is 0 Å². The molecule has 0 atom stereocenters. The Morgan fingerprint density at radius 3 is 2.82 bits per heavy atom. The van der Waals surface area contributed by atoms with Crippen molar-refractivity contribution in [1.29, 1.82) is 0 Å². The molecule has 0 fully saturated rings. The van der Waals surface area contributed by atoms with Crippen molar-refractivity contribution in [3.05, 3.63) is 0 Å². The summed E-state index contributed by atoms with van der Waals surface area (Å²) in [6.45, 7) is 5.51. The van der Waals surface area contributed by atoms with E-state index in [0.29, 0.717) is 6.04 Å². The lowest BCUT2D eigenvalue weighted by molar-refractivity contribution is -0.460. The van der Waals surface area contributed by atoms with Gasteiger partial charge in [-0.05, 0) is 33.1 Å². The maximum absolute atomic E-state index is 3.43. The average molecular weight is 155 g/mol. The molecule has 1 aliphatic rings. The van der Waals surface area contributed by atoms with Crippen LogP contribution in [0.3, 0.4) is 0 Å². The molecule has 2 heteroatoms. The molecule has 2 N–H and O–H groups in total. The summed E-state index contributed by atoms with van der Waals surface area (Å²) in [6.07, 6.45) is 5.24. The Kier molecular flexibility index (Phi) is 3.40. The van der Waals surface area contributed by atoms with E-state index in [1.54, 1.807) is 0 Å². The van der Waals surface area contributed by atoms with Crippen LogP contribution in [0.25, 0.3) is 0 Å². The minimum absolute atomic E-state index is 0.565. The summed E-state index contributed by atoms with van der Waals surface area (Å²) in [4.78, 5) is 3.42. The predicted octanol–water partition coefficient (Wildman–Crippen LogP) is 0.0375. The van der Waals surface area contributed by atoms with Gasteiger partial charge < -0.3 is 0 Å². The highest BCUT2D eigenvalue weighted by atomic mass is 15.0. The molecule has 0 aromatic heterocycles. The number of rotatable bonds is 1. The van der Waals surface area contributed by atoms with E-state index < -0.39 is 0 Å². The molecule has 0 amide bonds. The van der Waals surface area contributed by atoms with Crippen molar-refractivity contribution in [3.63, 3.8) is 0 Å². The van der Waals surface area contributed by atoms with E-state index in [2.05, 4.69) is 24.2 Å². The Morgan fingerprint density at radius 2 is 2.09 bits per heavy atom. The molecule has 0 radical (unpaired) electrons. The molecule has 11 heavy (non-hydrogen) atoms. The van der Waals surface area contributed by atoms with Crippen LogP contribution in [0.2, 0.25) is 0 Å². The fourth-order valence-electron chi connectivity index (χ4n) is 1.40. The predicted molar refractivity (Wildman–Crippen MR) is 47.6 cm³/mol. The number of nitrogens with one attached hydrogen (secondary N) is 2. The molecule has 0 spiro atoms. The third-order valence-corrected chi connectivity index (χ3v) is 1.90. The lowest BCUT2D eigenvalue weighted by atomic mass is 10.2. The SMILES string of the molecule is CC(C)NC1=[NH+]CCCCC1.